The van der Waals surface area contributed by atoms with E-state index in [1.54, 1.807) is 0 Å². The second-order valence-electron chi connectivity index (χ2n) is 5.79. The number of hydrogen-bond donors (Lipinski definition) is 2. The third-order valence-electron chi connectivity index (χ3n) is 4.36. The highest BCUT2D eigenvalue weighted by atomic mass is 16.1. The highest BCUT2D eigenvalue weighted by Gasteiger charge is 2.49. The lowest BCUT2D eigenvalue weighted by atomic mass is 10.0. The number of carbonyl (C=O) groups excluding carboxylic acids is 1. The van der Waals surface area contributed by atoms with Crippen LogP contribution in [0, 0.1) is 0 Å². The monoisotopic (exact) mass is 280 g/mol. The van der Waals surface area contributed by atoms with Crippen molar-refractivity contribution in [1.82, 2.24) is 0 Å². The maximum atomic E-state index is 12.2. The van der Waals surface area contributed by atoms with Crippen molar-refractivity contribution in [2.45, 2.75) is 31.2 Å². The minimum absolute atomic E-state index is 0.0535. The van der Waals surface area contributed by atoms with E-state index in [1.807, 2.05) is 48.5 Å². The Bertz CT molecular complexity index is 653. The summed E-state index contributed by atoms with van der Waals surface area (Å²) in [7, 11) is 0. The number of anilines is 1. The quantitative estimate of drug-likeness (QED) is 0.900. The summed E-state index contributed by atoms with van der Waals surface area (Å²) in [6, 6.07) is 17.3. The van der Waals surface area contributed by atoms with Crippen molar-refractivity contribution in [2.75, 3.05) is 5.32 Å². The van der Waals surface area contributed by atoms with Crippen LogP contribution in [0.1, 0.15) is 41.6 Å². The number of nitrogens with two attached hydrogens (primary N) is 1. The van der Waals surface area contributed by atoms with E-state index in [-0.39, 0.29) is 11.4 Å². The Kier molecular flexibility index (Phi) is 3.52. The Morgan fingerprint density at radius 1 is 1.24 bits per heavy atom. The van der Waals surface area contributed by atoms with Crippen LogP contribution in [0.2, 0.25) is 0 Å². The Hall–Kier alpha value is -2.13. The first-order chi connectivity index (χ1) is 10.1. The summed E-state index contributed by atoms with van der Waals surface area (Å²) in [5.74, 6) is 0.328. The Morgan fingerprint density at radius 2 is 2.00 bits per heavy atom. The van der Waals surface area contributed by atoms with Gasteiger partial charge in [-0.2, -0.15) is 0 Å². The third kappa shape index (κ3) is 2.83. The van der Waals surface area contributed by atoms with E-state index < -0.39 is 0 Å². The molecule has 0 unspecified atom stereocenters. The van der Waals surface area contributed by atoms with Crippen LogP contribution in [-0.4, -0.2) is 11.4 Å². The van der Waals surface area contributed by atoms with Gasteiger partial charge in [0.25, 0.3) is 5.91 Å². The van der Waals surface area contributed by atoms with Crippen LogP contribution in [0.3, 0.4) is 0 Å². The lowest BCUT2D eigenvalue weighted by Gasteiger charge is -2.10. The second kappa shape index (κ2) is 5.34. The van der Waals surface area contributed by atoms with Gasteiger partial charge < -0.3 is 11.1 Å². The molecular formula is C18H20N2O. The number of carbonyl (C=O) groups is 1. The number of benzene rings is 2. The van der Waals surface area contributed by atoms with E-state index in [2.05, 4.69) is 18.3 Å². The summed E-state index contributed by atoms with van der Waals surface area (Å²) in [6.07, 6.45) is 2.01. The number of rotatable bonds is 4. The van der Waals surface area contributed by atoms with Gasteiger partial charge in [0.15, 0.2) is 0 Å². The Balaban J connectivity index is 1.74. The summed E-state index contributed by atoms with van der Waals surface area (Å²) in [4.78, 5) is 12.2. The molecule has 0 spiro atoms. The van der Waals surface area contributed by atoms with Gasteiger partial charge in [0.2, 0.25) is 0 Å². The van der Waals surface area contributed by atoms with E-state index in [1.165, 1.54) is 5.56 Å². The molecule has 3 rings (SSSR count). The summed E-state index contributed by atoms with van der Waals surface area (Å²) in [5, 5.41) is 2.95. The molecule has 3 heteroatoms. The maximum Gasteiger partial charge on any atom is 0.255 e. The van der Waals surface area contributed by atoms with E-state index in [0.29, 0.717) is 11.5 Å². The zero-order chi connectivity index (χ0) is 14.9. The Labute approximate surface area is 125 Å². The van der Waals surface area contributed by atoms with Crippen LogP contribution in [0.4, 0.5) is 5.69 Å². The van der Waals surface area contributed by atoms with Crippen molar-refractivity contribution >= 4 is 11.6 Å². The zero-order valence-corrected chi connectivity index (χ0v) is 12.2. The van der Waals surface area contributed by atoms with Gasteiger partial charge in [0.05, 0.1) is 0 Å². The SMILES string of the molecule is CC[C@]1(N)C[C@H]1c1cccc(NC(=O)c2ccccc2)c1. The summed E-state index contributed by atoms with van der Waals surface area (Å²) in [5.41, 5.74) is 8.93. The molecule has 0 aromatic heterocycles. The lowest BCUT2D eigenvalue weighted by molar-refractivity contribution is 0.102. The molecule has 21 heavy (non-hydrogen) atoms. The largest absolute Gasteiger partial charge is 0.325 e. The molecule has 0 aliphatic heterocycles. The van der Waals surface area contributed by atoms with Gasteiger partial charge in [-0.3, -0.25) is 4.79 Å². The highest BCUT2D eigenvalue weighted by Crippen LogP contribution is 2.51. The molecule has 108 valence electrons. The van der Waals surface area contributed by atoms with E-state index >= 15 is 0 Å². The van der Waals surface area contributed by atoms with Gasteiger partial charge in [0.1, 0.15) is 0 Å². The Morgan fingerprint density at radius 3 is 2.67 bits per heavy atom. The van der Waals surface area contributed by atoms with Gasteiger partial charge in [-0.05, 0) is 42.7 Å². The molecule has 2 aromatic rings. The molecule has 0 bridgehead atoms. The van der Waals surface area contributed by atoms with Crippen molar-refractivity contribution in [1.29, 1.82) is 0 Å². The van der Waals surface area contributed by atoms with Crippen LogP contribution in [0.25, 0.3) is 0 Å². The first kappa shape index (κ1) is 13.8. The smallest absolute Gasteiger partial charge is 0.255 e. The van der Waals surface area contributed by atoms with Crippen molar-refractivity contribution in [3.63, 3.8) is 0 Å². The predicted molar refractivity (Wildman–Crippen MR) is 85.4 cm³/mol. The number of nitrogens with one attached hydrogen (secondary N) is 1. The fraction of sp³-hybridized carbons (Fsp3) is 0.278. The summed E-state index contributed by atoms with van der Waals surface area (Å²) >= 11 is 0. The van der Waals surface area contributed by atoms with Crippen LogP contribution in [0.15, 0.2) is 54.6 Å². The topological polar surface area (TPSA) is 55.1 Å². The van der Waals surface area contributed by atoms with Gasteiger partial charge in [-0.1, -0.05) is 37.3 Å². The first-order valence-electron chi connectivity index (χ1n) is 7.37. The van der Waals surface area contributed by atoms with Crippen LogP contribution >= 0.6 is 0 Å². The van der Waals surface area contributed by atoms with Gasteiger partial charge in [-0.25, -0.2) is 0 Å². The number of amides is 1. The van der Waals surface area contributed by atoms with E-state index in [9.17, 15) is 4.79 Å². The average molecular weight is 280 g/mol. The van der Waals surface area contributed by atoms with Crippen molar-refractivity contribution in [3.05, 3.63) is 65.7 Å². The van der Waals surface area contributed by atoms with Gasteiger partial charge in [-0.15, -0.1) is 0 Å². The van der Waals surface area contributed by atoms with E-state index in [4.69, 9.17) is 5.73 Å². The number of hydrogen-bond acceptors (Lipinski definition) is 2. The average Bonchev–Trinajstić information content (AvgIpc) is 3.21. The third-order valence-corrected chi connectivity index (χ3v) is 4.36. The van der Waals surface area contributed by atoms with Crippen molar-refractivity contribution < 1.29 is 4.79 Å². The van der Waals surface area contributed by atoms with Crippen LogP contribution in [0.5, 0.6) is 0 Å². The molecule has 1 amide bonds. The molecule has 3 nitrogen and oxygen atoms in total. The van der Waals surface area contributed by atoms with Crippen molar-refractivity contribution in [2.24, 2.45) is 5.73 Å². The molecule has 1 aliphatic carbocycles. The van der Waals surface area contributed by atoms with Gasteiger partial charge >= 0.3 is 0 Å². The minimum atomic E-state index is -0.0851. The molecule has 0 radical (unpaired) electrons. The zero-order valence-electron chi connectivity index (χ0n) is 12.2. The highest BCUT2D eigenvalue weighted by molar-refractivity contribution is 6.04. The fourth-order valence-corrected chi connectivity index (χ4v) is 2.79. The fourth-order valence-electron chi connectivity index (χ4n) is 2.79. The van der Waals surface area contributed by atoms with Gasteiger partial charge in [0, 0.05) is 22.7 Å². The van der Waals surface area contributed by atoms with Crippen molar-refractivity contribution in [3.8, 4) is 0 Å². The molecule has 2 aromatic carbocycles. The summed E-state index contributed by atoms with van der Waals surface area (Å²) in [6.45, 7) is 2.13. The van der Waals surface area contributed by atoms with E-state index in [0.717, 1.165) is 18.5 Å². The molecule has 1 aliphatic rings. The normalized spacial score (nSPS) is 23.6. The molecule has 0 saturated heterocycles. The second-order valence-corrected chi connectivity index (χ2v) is 5.79. The van der Waals surface area contributed by atoms with Crippen LogP contribution < -0.4 is 11.1 Å². The predicted octanol–water partition coefficient (Wildman–Crippen LogP) is 3.53. The summed E-state index contributed by atoms with van der Waals surface area (Å²) < 4.78 is 0. The molecular weight excluding hydrogens is 260 g/mol. The minimum Gasteiger partial charge on any atom is -0.325 e. The standard InChI is InChI=1S/C18H20N2O/c1-2-18(19)12-16(18)14-9-6-10-15(11-14)20-17(21)13-7-4-3-5-8-13/h3-11,16H,2,12,19H2,1H3,(H,20,21)/t16-,18-/m0/s1. The molecule has 2 atom stereocenters. The maximum absolute atomic E-state index is 12.2. The lowest BCUT2D eigenvalue weighted by Crippen LogP contribution is -2.22. The molecule has 1 fully saturated rings. The first-order valence-corrected chi connectivity index (χ1v) is 7.37. The molecule has 1 saturated carbocycles. The molecule has 0 heterocycles. The van der Waals surface area contributed by atoms with Crippen LogP contribution in [-0.2, 0) is 0 Å². The molecule has 3 N–H and O–H groups in total.